The van der Waals surface area contributed by atoms with Crippen molar-refractivity contribution in [3.05, 3.63) is 16.1 Å². The molecule has 2 saturated heterocycles. The van der Waals surface area contributed by atoms with Gasteiger partial charge in [0.25, 0.3) is 5.91 Å². The molecule has 0 bridgehead atoms. The summed E-state index contributed by atoms with van der Waals surface area (Å²) in [7, 11) is 2.20. The number of likely N-dealkylation sites (tertiary alicyclic amines) is 2. The van der Waals surface area contributed by atoms with Gasteiger partial charge in [-0.3, -0.25) is 4.79 Å². The topological polar surface area (TPSA) is 36.4 Å². The Morgan fingerprint density at radius 3 is 2.67 bits per heavy atom. The lowest BCUT2D eigenvalue weighted by atomic mass is 10.0. The highest BCUT2D eigenvalue weighted by Gasteiger charge is 2.39. The van der Waals surface area contributed by atoms with Gasteiger partial charge >= 0.3 is 0 Å². The maximum atomic E-state index is 12.8. The number of carbonyl (C=O) groups excluding carboxylic acids is 1. The summed E-state index contributed by atoms with van der Waals surface area (Å²) in [5.41, 5.74) is 0.689. The van der Waals surface area contributed by atoms with Crippen LogP contribution in [0.1, 0.15) is 59.9 Å². The molecule has 1 aliphatic carbocycles. The van der Waals surface area contributed by atoms with Gasteiger partial charge in [-0.15, -0.1) is 11.3 Å². The molecule has 0 radical (unpaired) electrons. The largest absolute Gasteiger partial charge is 0.333 e. The first-order valence-electron chi connectivity index (χ1n) is 8.20. The Morgan fingerprint density at radius 2 is 1.95 bits per heavy atom. The van der Waals surface area contributed by atoms with E-state index in [9.17, 15) is 4.79 Å². The van der Waals surface area contributed by atoms with E-state index in [1.54, 1.807) is 11.3 Å². The minimum absolute atomic E-state index is 0.168. The fraction of sp³-hybridized carbons (Fsp3) is 0.750. The average molecular weight is 305 g/mol. The minimum atomic E-state index is 0.168. The van der Waals surface area contributed by atoms with Crippen LogP contribution in [0.5, 0.6) is 0 Å². The smallest absolute Gasteiger partial charge is 0.273 e. The second-order valence-corrected chi connectivity index (χ2v) is 7.63. The number of rotatable bonds is 3. The van der Waals surface area contributed by atoms with E-state index >= 15 is 0 Å². The predicted molar refractivity (Wildman–Crippen MR) is 83.8 cm³/mol. The summed E-state index contributed by atoms with van der Waals surface area (Å²) in [6.45, 7) is 2.08. The van der Waals surface area contributed by atoms with Crippen molar-refractivity contribution < 1.29 is 4.79 Å². The normalized spacial score (nSPS) is 30.2. The molecule has 0 spiro atoms. The van der Waals surface area contributed by atoms with Crippen LogP contribution in [0.25, 0.3) is 0 Å². The van der Waals surface area contributed by atoms with Crippen LogP contribution in [-0.2, 0) is 0 Å². The van der Waals surface area contributed by atoms with Crippen molar-refractivity contribution in [3.8, 4) is 0 Å². The quantitative estimate of drug-likeness (QED) is 0.861. The third kappa shape index (κ3) is 2.50. The summed E-state index contributed by atoms with van der Waals surface area (Å²) < 4.78 is 0. The Labute approximate surface area is 130 Å². The van der Waals surface area contributed by atoms with Crippen LogP contribution in [-0.4, -0.2) is 52.9 Å². The molecule has 4 rings (SSSR count). The van der Waals surface area contributed by atoms with E-state index in [0.717, 1.165) is 19.4 Å². The van der Waals surface area contributed by atoms with E-state index in [0.29, 0.717) is 23.7 Å². The van der Waals surface area contributed by atoms with Crippen LogP contribution in [0.2, 0.25) is 0 Å². The molecule has 1 aromatic rings. The minimum Gasteiger partial charge on any atom is -0.333 e. The lowest BCUT2D eigenvalue weighted by molar-refractivity contribution is 0.0659. The van der Waals surface area contributed by atoms with Crippen molar-refractivity contribution in [2.75, 3.05) is 20.1 Å². The van der Waals surface area contributed by atoms with E-state index < -0.39 is 0 Å². The zero-order valence-electron chi connectivity index (χ0n) is 12.6. The molecule has 5 heteroatoms. The molecule has 1 aromatic heterocycles. The molecule has 2 atom stereocenters. The van der Waals surface area contributed by atoms with Gasteiger partial charge < -0.3 is 9.80 Å². The summed E-state index contributed by atoms with van der Waals surface area (Å²) in [4.78, 5) is 22.0. The number of hydrogen-bond acceptors (Lipinski definition) is 4. The molecule has 114 valence electrons. The van der Waals surface area contributed by atoms with E-state index in [-0.39, 0.29) is 5.91 Å². The standard InChI is InChI=1S/C16H23N3OS/c1-18-8-2-4-13(18)14-5-3-9-19(14)16(20)12-10-21-15(17-12)11-6-7-11/h10-11,13-14H,2-9H2,1H3/t13-,14+/m1/s1. The lowest BCUT2D eigenvalue weighted by Gasteiger charge is -2.32. The van der Waals surface area contributed by atoms with E-state index in [2.05, 4.69) is 21.8 Å². The first kappa shape index (κ1) is 13.7. The van der Waals surface area contributed by atoms with Gasteiger partial charge in [-0.2, -0.15) is 0 Å². The third-order valence-electron chi connectivity index (χ3n) is 5.25. The molecule has 3 aliphatic rings. The number of aromatic nitrogens is 1. The molecule has 1 saturated carbocycles. The van der Waals surface area contributed by atoms with Gasteiger partial charge in [0, 0.05) is 29.9 Å². The molecule has 4 nitrogen and oxygen atoms in total. The van der Waals surface area contributed by atoms with E-state index in [1.165, 1.54) is 37.2 Å². The molecule has 3 fully saturated rings. The predicted octanol–water partition coefficient (Wildman–Crippen LogP) is 2.72. The Bertz CT molecular complexity index is 539. The Hall–Kier alpha value is -0.940. The van der Waals surface area contributed by atoms with E-state index in [4.69, 9.17) is 0 Å². The fourth-order valence-electron chi connectivity index (χ4n) is 3.92. The molecular formula is C16H23N3OS. The second-order valence-electron chi connectivity index (χ2n) is 6.74. The van der Waals surface area contributed by atoms with Gasteiger partial charge in [0.1, 0.15) is 5.69 Å². The molecule has 1 amide bonds. The van der Waals surface area contributed by atoms with Crippen molar-refractivity contribution in [1.82, 2.24) is 14.8 Å². The first-order chi connectivity index (χ1) is 10.2. The number of carbonyl (C=O) groups is 1. The third-order valence-corrected chi connectivity index (χ3v) is 6.26. The molecule has 3 heterocycles. The number of hydrogen-bond donors (Lipinski definition) is 0. The maximum absolute atomic E-state index is 12.8. The van der Waals surface area contributed by atoms with Crippen LogP contribution in [0.15, 0.2) is 5.38 Å². The first-order valence-corrected chi connectivity index (χ1v) is 9.08. The van der Waals surface area contributed by atoms with Gasteiger partial charge in [0.2, 0.25) is 0 Å². The van der Waals surface area contributed by atoms with E-state index in [1.807, 2.05) is 5.38 Å². The molecule has 0 N–H and O–H groups in total. The summed E-state index contributed by atoms with van der Waals surface area (Å²) in [5.74, 6) is 0.813. The molecular weight excluding hydrogens is 282 g/mol. The highest BCUT2D eigenvalue weighted by molar-refractivity contribution is 7.10. The highest BCUT2D eigenvalue weighted by atomic mass is 32.1. The molecule has 0 aromatic carbocycles. The molecule has 21 heavy (non-hydrogen) atoms. The summed E-state index contributed by atoms with van der Waals surface area (Å²) >= 11 is 1.67. The van der Waals surface area contributed by atoms with Gasteiger partial charge in [-0.05, 0) is 52.1 Å². The van der Waals surface area contributed by atoms with Crippen molar-refractivity contribution >= 4 is 17.2 Å². The highest BCUT2D eigenvalue weighted by Crippen LogP contribution is 2.41. The SMILES string of the molecule is CN1CCC[C@@H]1[C@@H]1CCCN1C(=O)c1csc(C2CC2)n1. The van der Waals surface area contributed by atoms with Crippen molar-refractivity contribution in [2.45, 2.75) is 56.5 Å². The second kappa shape index (κ2) is 5.36. The fourth-order valence-corrected chi connectivity index (χ4v) is 4.88. The monoisotopic (exact) mass is 305 g/mol. The van der Waals surface area contributed by atoms with Gasteiger partial charge in [-0.25, -0.2) is 4.98 Å². The van der Waals surface area contributed by atoms with Crippen molar-refractivity contribution in [2.24, 2.45) is 0 Å². The maximum Gasteiger partial charge on any atom is 0.273 e. The van der Waals surface area contributed by atoms with Gasteiger partial charge in [0.15, 0.2) is 0 Å². The van der Waals surface area contributed by atoms with Crippen LogP contribution >= 0.6 is 11.3 Å². The van der Waals surface area contributed by atoms with Crippen LogP contribution in [0.3, 0.4) is 0 Å². The Morgan fingerprint density at radius 1 is 1.19 bits per heavy atom. The average Bonchev–Trinajstić information content (AvgIpc) is 2.93. The number of nitrogens with zero attached hydrogens (tertiary/aromatic N) is 3. The van der Waals surface area contributed by atoms with Gasteiger partial charge in [-0.1, -0.05) is 0 Å². The van der Waals surface area contributed by atoms with Crippen molar-refractivity contribution in [3.63, 3.8) is 0 Å². The zero-order chi connectivity index (χ0) is 14.4. The molecule has 2 aliphatic heterocycles. The number of thiazole rings is 1. The van der Waals surface area contributed by atoms with Crippen LogP contribution < -0.4 is 0 Å². The summed E-state index contributed by atoms with van der Waals surface area (Å²) in [6, 6.07) is 0.953. The lowest BCUT2D eigenvalue weighted by Crippen LogP contribution is -2.47. The number of amides is 1. The van der Waals surface area contributed by atoms with Crippen LogP contribution in [0, 0.1) is 0 Å². The number of likely N-dealkylation sites (N-methyl/N-ethyl adjacent to an activating group) is 1. The Kier molecular flexibility index (Phi) is 3.50. The summed E-state index contributed by atoms with van der Waals surface area (Å²) in [5, 5.41) is 3.15. The Balaban J connectivity index is 1.51. The summed E-state index contributed by atoms with van der Waals surface area (Å²) in [6.07, 6.45) is 7.29. The van der Waals surface area contributed by atoms with Crippen LogP contribution in [0.4, 0.5) is 0 Å². The molecule has 0 unspecified atom stereocenters. The van der Waals surface area contributed by atoms with Crippen molar-refractivity contribution in [1.29, 1.82) is 0 Å². The zero-order valence-corrected chi connectivity index (χ0v) is 13.4. The van der Waals surface area contributed by atoms with Gasteiger partial charge in [0.05, 0.1) is 5.01 Å².